The summed E-state index contributed by atoms with van der Waals surface area (Å²) >= 11 is 0.739. The number of rotatable bonds is 14. The minimum Gasteiger partial charge on any atom is -0.465 e. The highest BCUT2D eigenvalue weighted by atomic mass is 32.2. The normalized spacial score (nSPS) is 22.6. The number of carbonyl (C=O) groups excluding carboxylic acids is 1. The van der Waals surface area contributed by atoms with Crippen LogP contribution in [-0.4, -0.2) is 24.7 Å². The first-order valence-electron chi connectivity index (χ1n) is 17.3. The van der Waals surface area contributed by atoms with E-state index in [0.717, 1.165) is 81.2 Å². The maximum atomic E-state index is 15.7. The average Bonchev–Trinajstić information content (AvgIpc) is 3.04. The second-order valence-electron chi connectivity index (χ2n) is 13.5. The Hall–Kier alpha value is -2.36. The molecule has 262 valence electrons. The first-order valence-corrected chi connectivity index (χ1v) is 18.2. The number of hydrogen-bond donors (Lipinski definition) is 0. The topological polar surface area (TPSA) is 35.5 Å². The zero-order chi connectivity index (χ0) is 34.1. The van der Waals surface area contributed by atoms with Gasteiger partial charge in [-0.3, -0.25) is 4.79 Å². The first-order chi connectivity index (χ1) is 22.4. The van der Waals surface area contributed by atoms with Crippen LogP contribution in [-0.2, 0) is 9.53 Å². The van der Waals surface area contributed by atoms with Crippen molar-refractivity contribution in [1.29, 1.82) is 0 Å². The van der Waals surface area contributed by atoms with Gasteiger partial charge >= 0.3 is 12.3 Å². The number of carbonyl (C=O) groups is 1. The molecule has 2 aliphatic rings. The van der Waals surface area contributed by atoms with Crippen molar-refractivity contribution >= 4 is 17.7 Å². The summed E-state index contributed by atoms with van der Waals surface area (Å²) in [6.45, 7) is 6.65. The second-order valence-corrected chi connectivity index (χ2v) is 14.6. The molecule has 0 bridgehead atoms. The SMILES string of the molecule is CCCCC(CC)COC(=O)CCSc1c(-c2ccc(C3CCC(C4CCC(C)CC4)CC3)c(F)c2F)ccc(OC(F)(F)F)c1F. The molecule has 1 unspecified atom stereocenters. The molecule has 0 heterocycles. The van der Waals surface area contributed by atoms with E-state index in [4.69, 9.17) is 4.74 Å². The number of halogens is 6. The fraction of sp³-hybridized carbons (Fsp3) is 0.649. The van der Waals surface area contributed by atoms with Crippen molar-refractivity contribution in [1.82, 2.24) is 0 Å². The van der Waals surface area contributed by atoms with Crippen LogP contribution >= 0.6 is 11.8 Å². The third-order valence-electron chi connectivity index (χ3n) is 10.2. The molecular weight excluding hydrogens is 638 g/mol. The van der Waals surface area contributed by atoms with Gasteiger partial charge in [0.15, 0.2) is 23.2 Å². The fourth-order valence-electron chi connectivity index (χ4n) is 7.26. The van der Waals surface area contributed by atoms with E-state index in [9.17, 15) is 18.0 Å². The van der Waals surface area contributed by atoms with E-state index >= 15 is 13.2 Å². The van der Waals surface area contributed by atoms with Crippen LogP contribution in [0.1, 0.15) is 116 Å². The summed E-state index contributed by atoms with van der Waals surface area (Å²) in [5.74, 6) is -3.03. The molecule has 0 N–H and O–H groups in total. The van der Waals surface area contributed by atoms with Crippen LogP contribution in [0.15, 0.2) is 29.2 Å². The van der Waals surface area contributed by atoms with Crippen LogP contribution in [0.2, 0.25) is 0 Å². The van der Waals surface area contributed by atoms with E-state index in [2.05, 4.69) is 18.6 Å². The number of hydrogen-bond acceptors (Lipinski definition) is 4. The van der Waals surface area contributed by atoms with Crippen molar-refractivity contribution in [2.75, 3.05) is 12.4 Å². The Morgan fingerprint density at radius 2 is 1.51 bits per heavy atom. The summed E-state index contributed by atoms with van der Waals surface area (Å²) in [7, 11) is 0. The molecule has 2 fully saturated rings. The summed E-state index contributed by atoms with van der Waals surface area (Å²) in [5, 5.41) is 0. The Bertz CT molecular complexity index is 1320. The molecular formula is C37H48F6O3S. The van der Waals surface area contributed by atoms with Crippen LogP contribution in [0, 0.1) is 41.1 Å². The van der Waals surface area contributed by atoms with Gasteiger partial charge in [-0.15, -0.1) is 24.9 Å². The third kappa shape index (κ3) is 10.3. The first kappa shape index (κ1) is 37.5. The smallest absolute Gasteiger partial charge is 0.465 e. The lowest BCUT2D eigenvalue weighted by Crippen LogP contribution is -2.25. The van der Waals surface area contributed by atoms with Gasteiger partial charge in [0.2, 0.25) is 0 Å². The predicted molar refractivity (Wildman–Crippen MR) is 174 cm³/mol. The quantitative estimate of drug-likeness (QED) is 0.113. The monoisotopic (exact) mass is 686 g/mol. The number of esters is 1. The molecule has 10 heteroatoms. The molecule has 1 atom stereocenters. The summed E-state index contributed by atoms with van der Waals surface area (Å²) in [5.41, 5.74) is -0.0968. The maximum absolute atomic E-state index is 15.7. The number of unbranched alkanes of at least 4 members (excludes halogenated alkanes) is 1. The van der Waals surface area contributed by atoms with Crippen LogP contribution in [0.25, 0.3) is 11.1 Å². The minimum atomic E-state index is -5.16. The molecule has 0 radical (unpaired) electrons. The second kappa shape index (κ2) is 17.3. The van der Waals surface area contributed by atoms with Gasteiger partial charge in [-0.1, -0.05) is 65.0 Å². The molecule has 47 heavy (non-hydrogen) atoms. The van der Waals surface area contributed by atoms with Gasteiger partial charge in [-0.2, -0.15) is 0 Å². The Balaban J connectivity index is 1.49. The number of thioether (sulfide) groups is 1. The Morgan fingerprint density at radius 1 is 0.872 bits per heavy atom. The number of ether oxygens (including phenoxy) is 2. The summed E-state index contributed by atoms with van der Waals surface area (Å²) in [4.78, 5) is 12.1. The molecule has 2 aliphatic carbocycles. The van der Waals surface area contributed by atoms with E-state index in [1.807, 2.05) is 6.92 Å². The number of alkyl halides is 3. The molecule has 4 rings (SSSR count). The Morgan fingerprint density at radius 3 is 2.13 bits per heavy atom. The zero-order valence-electron chi connectivity index (χ0n) is 27.7. The van der Waals surface area contributed by atoms with E-state index in [1.165, 1.54) is 37.8 Å². The Labute approximate surface area is 279 Å². The molecule has 0 amide bonds. The standard InChI is InChI=1S/C37H48F6O3S/c1-4-6-7-24(5-2)22-45-32(44)20-21-47-36-30(18-19-31(35(36)40)46-37(41,42)43)29-17-16-28(33(38)34(29)39)27-14-12-26(13-15-27)25-10-8-23(3)9-11-25/h16-19,23-27H,4-15,20-22H2,1-3H3. The van der Waals surface area contributed by atoms with Crippen molar-refractivity contribution in [2.24, 2.45) is 23.7 Å². The van der Waals surface area contributed by atoms with Gasteiger partial charge in [-0.25, -0.2) is 13.2 Å². The average molecular weight is 687 g/mol. The van der Waals surface area contributed by atoms with Crippen molar-refractivity contribution in [2.45, 2.75) is 121 Å². The molecule has 2 saturated carbocycles. The van der Waals surface area contributed by atoms with Gasteiger partial charge < -0.3 is 9.47 Å². The highest BCUT2D eigenvalue weighted by Crippen LogP contribution is 2.46. The minimum absolute atomic E-state index is 0.0463. The molecule has 0 aromatic heterocycles. The molecule has 2 aromatic carbocycles. The lowest BCUT2D eigenvalue weighted by Gasteiger charge is -2.37. The maximum Gasteiger partial charge on any atom is 0.573 e. The van der Waals surface area contributed by atoms with Crippen molar-refractivity contribution in [3.8, 4) is 16.9 Å². The van der Waals surface area contributed by atoms with Crippen LogP contribution in [0.3, 0.4) is 0 Å². The summed E-state index contributed by atoms with van der Waals surface area (Å²) in [6, 6.07) is 4.75. The number of benzene rings is 2. The molecule has 2 aromatic rings. The molecule has 0 saturated heterocycles. The fourth-order valence-corrected chi connectivity index (χ4v) is 8.29. The molecule has 0 aliphatic heterocycles. The highest BCUT2D eigenvalue weighted by molar-refractivity contribution is 7.99. The van der Waals surface area contributed by atoms with Gasteiger partial charge in [0.25, 0.3) is 0 Å². The Kier molecular flexibility index (Phi) is 13.8. The zero-order valence-corrected chi connectivity index (χ0v) is 28.5. The van der Waals surface area contributed by atoms with Crippen LogP contribution < -0.4 is 4.74 Å². The van der Waals surface area contributed by atoms with E-state index in [1.54, 1.807) is 0 Å². The largest absolute Gasteiger partial charge is 0.573 e. The van der Waals surface area contributed by atoms with E-state index in [-0.39, 0.29) is 52.2 Å². The van der Waals surface area contributed by atoms with Crippen molar-refractivity contribution in [3.63, 3.8) is 0 Å². The lowest BCUT2D eigenvalue weighted by molar-refractivity contribution is -0.275. The van der Waals surface area contributed by atoms with E-state index < -0.39 is 35.5 Å². The van der Waals surface area contributed by atoms with Crippen LogP contribution in [0.5, 0.6) is 5.75 Å². The van der Waals surface area contributed by atoms with Gasteiger partial charge in [0.05, 0.1) is 17.9 Å². The summed E-state index contributed by atoms with van der Waals surface area (Å²) < 4.78 is 95.2. The van der Waals surface area contributed by atoms with Gasteiger partial charge in [0, 0.05) is 16.9 Å². The van der Waals surface area contributed by atoms with E-state index in [0.29, 0.717) is 11.8 Å². The third-order valence-corrected chi connectivity index (χ3v) is 11.3. The molecule has 0 spiro atoms. The predicted octanol–water partition coefficient (Wildman–Crippen LogP) is 12.0. The summed E-state index contributed by atoms with van der Waals surface area (Å²) in [6.07, 6.45) is 6.96. The van der Waals surface area contributed by atoms with Crippen LogP contribution in [0.4, 0.5) is 26.3 Å². The highest BCUT2D eigenvalue weighted by Gasteiger charge is 2.35. The lowest BCUT2D eigenvalue weighted by atomic mass is 9.68. The van der Waals surface area contributed by atoms with Gasteiger partial charge in [0.1, 0.15) is 0 Å². The van der Waals surface area contributed by atoms with Crippen molar-refractivity contribution < 1.29 is 40.6 Å². The van der Waals surface area contributed by atoms with Gasteiger partial charge in [-0.05, 0) is 92.2 Å². The molecule has 3 nitrogen and oxygen atoms in total. The van der Waals surface area contributed by atoms with Crippen molar-refractivity contribution in [3.05, 3.63) is 47.3 Å².